The van der Waals surface area contributed by atoms with Gasteiger partial charge in [-0.05, 0) is 44.1 Å². The largest absolute Gasteiger partial charge is 0.376 e. The minimum absolute atomic E-state index is 0.808. The van der Waals surface area contributed by atoms with Crippen molar-refractivity contribution in [3.63, 3.8) is 0 Å². The molecule has 0 aliphatic carbocycles. The Kier molecular flexibility index (Phi) is 8.87. The third kappa shape index (κ3) is 4.77. The summed E-state index contributed by atoms with van der Waals surface area (Å²) in [4.78, 5) is 0. The molecule has 0 aromatic heterocycles. The Balaban J connectivity index is 0.000000394. The van der Waals surface area contributed by atoms with Crippen molar-refractivity contribution in [2.24, 2.45) is 0 Å². The SMILES string of the molecule is CC.CNC.Cc1cccc2c1COCC2. The van der Waals surface area contributed by atoms with Gasteiger partial charge in [-0.25, -0.2) is 0 Å². The van der Waals surface area contributed by atoms with Crippen LogP contribution in [0, 0.1) is 6.92 Å². The van der Waals surface area contributed by atoms with Crippen molar-refractivity contribution in [1.29, 1.82) is 0 Å². The Labute approximate surface area is 100 Å². The van der Waals surface area contributed by atoms with Gasteiger partial charge in [-0.3, -0.25) is 0 Å². The van der Waals surface area contributed by atoms with Crippen LogP contribution in [0.5, 0.6) is 0 Å². The first-order valence-corrected chi connectivity index (χ1v) is 6.03. The molecular formula is C14H25NO. The number of nitrogens with one attached hydrogen (secondary N) is 1. The van der Waals surface area contributed by atoms with Crippen molar-refractivity contribution in [1.82, 2.24) is 5.32 Å². The van der Waals surface area contributed by atoms with Crippen LogP contribution in [0.3, 0.4) is 0 Å². The van der Waals surface area contributed by atoms with Crippen LogP contribution < -0.4 is 5.32 Å². The summed E-state index contributed by atoms with van der Waals surface area (Å²) in [5, 5.41) is 2.75. The maximum absolute atomic E-state index is 5.38. The normalized spacial score (nSPS) is 12.6. The summed E-state index contributed by atoms with van der Waals surface area (Å²) in [7, 11) is 3.75. The van der Waals surface area contributed by atoms with Crippen LogP contribution in [0.1, 0.15) is 30.5 Å². The summed E-state index contributed by atoms with van der Waals surface area (Å²) in [5.41, 5.74) is 4.23. The van der Waals surface area contributed by atoms with Crippen molar-refractivity contribution < 1.29 is 4.74 Å². The Bertz CT molecular complexity index is 284. The second-order valence-corrected chi connectivity index (χ2v) is 3.52. The predicted octanol–water partition coefficient (Wildman–Crippen LogP) is 2.93. The van der Waals surface area contributed by atoms with Crippen LogP contribution in [0.25, 0.3) is 0 Å². The van der Waals surface area contributed by atoms with Crippen molar-refractivity contribution in [2.45, 2.75) is 33.8 Å². The maximum Gasteiger partial charge on any atom is 0.0722 e. The number of aryl methyl sites for hydroxylation is 1. The van der Waals surface area contributed by atoms with Crippen molar-refractivity contribution in [3.8, 4) is 0 Å². The molecule has 92 valence electrons. The Hall–Kier alpha value is -0.860. The first-order chi connectivity index (χ1) is 7.79. The van der Waals surface area contributed by atoms with Crippen molar-refractivity contribution in [3.05, 3.63) is 34.9 Å². The number of hydrogen-bond donors (Lipinski definition) is 1. The molecule has 0 spiro atoms. The summed E-state index contributed by atoms with van der Waals surface area (Å²) in [6.07, 6.45) is 1.08. The fraction of sp³-hybridized carbons (Fsp3) is 0.571. The van der Waals surface area contributed by atoms with Crippen molar-refractivity contribution in [2.75, 3.05) is 20.7 Å². The maximum atomic E-state index is 5.38. The van der Waals surface area contributed by atoms with Crippen LogP contribution >= 0.6 is 0 Å². The average Bonchev–Trinajstić information content (AvgIpc) is 2.33. The monoisotopic (exact) mass is 223 g/mol. The number of ether oxygens (including phenoxy) is 1. The van der Waals surface area contributed by atoms with Crippen LogP contribution in [0.2, 0.25) is 0 Å². The molecule has 1 aliphatic rings. The highest BCUT2D eigenvalue weighted by atomic mass is 16.5. The number of benzene rings is 1. The molecule has 2 nitrogen and oxygen atoms in total. The molecule has 0 radical (unpaired) electrons. The van der Waals surface area contributed by atoms with Gasteiger partial charge in [-0.2, -0.15) is 0 Å². The zero-order valence-corrected chi connectivity index (χ0v) is 11.3. The van der Waals surface area contributed by atoms with E-state index in [9.17, 15) is 0 Å². The van der Waals surface area contributed by atoms with E-state index in [2.05, 4.69) is 30.4 Å². The highest BCUT2D eigenvalue weighted by Gasteiger charge is 2.09. The van der Waals surface area contributed by atoms with E-state index in [0.29, 0.717) is 0 Å². The van der Waals surface area contributed by atoms with E-state index in [1.54, 1.807) is 0 Å². The van der Waals surface area contributed by atoms with Gasteiger partial charge in [0, 0.05) is 0 Å². The highest BCUT2D eigenvalue weighted by molar-refractivity contribution is 5.34. The molecule has 2 rings (SSSR count). The van der Waals surface area contributed by atoms with Gasteiger partial charge in [0.15, 0.2) is 0 Å². The molecule has 1 heterocycles. The summed E-state index contributed by atoms with van der Waals surface area (Å²) < 4.78 is 5.38. The summed E-state index contributed by atoms with van der Waals surface area (Å²) in [5.74, 6) is 0. The number of hydrogen-bond acceptors (Lipinski definition) is 2. The third-order valence-corrected chi connectivity index (χ3v) is 2.27. The quantitative estimate of drug-likeness (QED) is 0.730. The topological polar surface area (TPSA) is 21.3 Å². The van der Waals surface area contributed by atoms with Crippen LogP contribution in [-0.4, -0.2) is 20.7 Å². The Morgan fingerprint density at radius 2 is 1.81 bits per heavy atom. The van der Waals surface area contributed by atoms with E-state index in [-0.39, 0.29) is 0 Å². The molecule has 1 aliphatic heterocycles. The molecule has 0 saturated carbocycles. The molecule has 0 atom stereocenters. The zero-order valence-electron chi connectivity index (χ0n) is 11.3. The molecule has 1 aromatic rings. The average molecular weight is 223 g/mol. The molecule has 1 aromatic carbocycles. The predicted molar refractivity (Wildman–Crippen MR) is 70.9 cm³/mol. The Morgan fingerprint density at radius 1 is 1.19 bits per heavy atom. The zero-order chi connectivity index (χ0) is 12.4. The molecule has 0 bridgehead atoms. The first kappa shape index (κ1) is 15.1. The van der Waals surface area contributed by atoms with Gasteiger partial charge in [0.25, 0.3) is 0 Å². The van der Waals surface area contributed by atoms with Crippen molar-refractivity contribution >= 4 is 0 Å². The van der Waals surface area contributed by atoms with Gasteiger partial charge in [-0.15, -0.1) is 0 Å². The molecule has 16 heavy (non-hydrogen) atoms. The fourth-order valence-electron chi connectivity index (χ4n) is 1.56. The van der Waals surface area contributed by atoms with E-state index in [1.165, 1.54) is 16.7 Å². The first-order valence-electron chi connectivity index (χ1n) is 6.03. The van der Waals surface area contributed by atoms with Crippen LogP contribution in [0.15, 0.2) is 18.2 Å². The Morgan fingerprint density at radius 3 is 2.38 bits per heavy atom. The fourth-order valence-corrected chi connectivity index (χ4v) is 1.56. The minimum Gasteiger partial charge on any atom is -0.376 e. The number of fused-ring (bicyclic) bond motifs is 1. The lowest BCUT2D eigenvalue weighted by Gasteiger charge is -2.17. The summed E-state index contributed by atoms with van der Waals surface area (Å²) >= 11 is 0. The van der Waals surface area contributed by atoms with E-state index in [1.807, 2.05) is 27.9 Å². The molecular weight excluding hydrogens is 198 g/mol. The molecule has 0 fully saturated rings. The molecule has 1 N–H and O–H groups in total. The molecule has 0 amide bonds. The summed E-state index contributed by atoms with van der Waals surface area (Å²) in [6.45, 7) is 7.84. The van der Waals surface area contributed by atoms with Gasteiger partial charge in [0.2, 0.25) is 0 Å². The standard InChI is InChI=1S/C10H12O.C2H7N.C2H6/c1-8-3-2-4-9-5-6-11-7-10(8)9;1-3-2;1-2/h2-4H,5-7H2,1H3;3H,1-2H3;1-2H3. The summed E-state index contributed by atoms with van der Waals surface area (Å²) in [6, 6.07) is 6.47. The van der Waals surface area contributed by atoms with E-state index in [4.69, 9.17) is 4.74 Å². The molecule has 2 heteroatoms. The van der Waals surface area contributed by atoms with E-state index in [0.717, 1.165) is 19.6 Å². The second-order valence-electron chi connectivity index (χ2n) is 3.52. The number of rotatable bonds is 0. The van der Waals surface area contributed by atoms with Gasteiger partial charge in [-0.1, -0.05) is 32.0 Å². The van der Waals surface area contributed by atoms with Gasteiger partial charge >= 0.3 is 0 Å². The lowest BCUT2D eigenvalue weighted by atomic mass is 9.99. The third-order valence-electron chi connectivity index (χ3n) is 2.27. The lowest BCUT2D eigenvalue weighted by molar-refractivity contribution is 0.110. The smallest absolute Gasteiger partial charge is 0.0722 e. The van der Waals surface area contributed by atoms with Gasteiger partial charge in [0.05, 0.1) is 13.2 Å². The highest BCUT2D eigenvalue weighted by Crippen LogP contribution is 2.19. The second kappa shape index (κ2) is 9.37. The van der Waals surface area contributed by atoms with E-state index < -0.39 is 0 Å². The van der Waals surface area contributed by atoms with Crippen LogP contribution in [0.4, 0.5) is 0 Å². The lowest BCUT2D eigenvalue weighted by Crippen LogP contribution is -2.10. The van der Waals surface area contributed by atoms with E-state index >= 15 is 0 Å². The van der Waals surface area contributed by atoms with Gasteiger partial charge in [0.1, 0.15) is 0 Å². The molecule has 0 saturated heterocycles. The van der Waals surface area contributed by atoms with Gasteiger partial charge < -0.3 is 10.1 Å². The minimum atomic E-state index is 0.808. The molecule has 0 unspecified atom stereocenters. The van der Waals surface area contributed by atoms with Crippen LogP contribution in [-0.2, 0) is 17.8 Å².